The molecule has 0 saturated heterocycles. The summed E-state index contributed by atoms with van der Waals surface area (Å²) in [5.74, 6) is 3.59. The van der Waals surface area contributed by atoms with Gasteiger partial charge in [0.25, 0.3) is 0 Å². The summed E-state index contributed by atoms with van der Waals surface area (Å²) in [5, 5.41) is 4.71. The normalized spacial score (nSPS) is 19.5. The van der Waals surface area contributed by atoms with Crippen molar-refractivity contribution in [3.05, 3.63) is 53.7 Å². The molecule has 0 atom stereocenters. The van der Waals surface area contributed by atoms with Gasteiger partial charge in [-0.15, -0.1) is 6.42 Å². The Kier molecular flexibility index (Phi) is 5.07. The van der Waals surface area contributed by atoms with Crippen LogP contribution in [0.2, 0.25) is 0 Å². The molecule has 2 fully saturated rings. The summed E-state index contributed by atoms with van der Waals surface area (Å²) in [6.07, 6.45) is 19.8. The van der Waals surface area contributed by atoms with E-state index in [0.29, 0.717) is 11.1 Å². The lowest BCUT2D eigenvalue weighted by molar-refractivity contribution is 0.268. The number of nitrogens with zero attached hydrogens (tertiary/aromatic N) is 5. The van der Waals surface area contributed by atoms with Crippen molar-refractivity contribution in [1.29, 1.82) is 0 Å². The average molecular weight is 438 g/mol. The number of pyridine rings is 2. The van der Waals surface area contributed by atoms with E-state index >= 15 is 0 Å². The first-order valence-corrected chi connectivity index (χ1v) is 12.3. The minimum Gasteiger partial charge on any atom is -0.293 e. The monoisotopic (exact) mass is 437 g/mol. The van der Waals surface area contributed by atoms with Gasteiger partial charge >= 0.3 is 0 Å². The van der Waals surface area contributed by atoms with Crippen molar-refractivity contribution in [2.45, 2.75) is 65.1 Å². The molecule has 1 aliphatic heterocycles. The molecule has 0 unspecified atom stereocenters. The summed E-state index contributed by atoms with van der Waals surface area (Å²) in [6, 6.07) is 6.28. The highest BCUT2D eigenvalue weighted by molar-refractivity contribution is 5.80. The molecular formula is C28H31N5. The van der Waals surface area contributed by atoms with E-state index in [1.165, 1.54) is 56.3 Å². The molecule has 0 N–H and O–H groups in total. The van der Waals surface area contributed by atoms with Gasteiger partial charge in [-0.2, -0.15) is 5.10 Å². The molecule has 2 aliphatic carbocycles. The summed E-state index contributed by atoms with van der Waals surface area (Å²) in [6.45, 7) is 6.49. The van der Waals surface area contributed by atoms with Crippen molar-refractivity contribution in [3.8, 4) is 34.7 Å². The Hall–Kier alpha value is -2.97. The van der Waals surface area contributed by atoms with Crippen LogP contribution >= 0.6 is 0 Å². The van der Waals surface area contributed by atoms with E-state index in [9.17, 15) is 0 Å². The highest BCUT2D eigenvalue weighted by Gasteiger charge is 2.30. The van der Waals surface area contributed by atoms with E-state index < -0.39 is 0 Å². The van der Waals surface area contributed by atoms with Crippen molar-refractivity contribution < 1.29 is 0 Å². The van der Waals surface area contributed by atoms with Crippen LogP contribution in [-0.4, -0.2) is 31.2 Å². The van der Waals surface area contributed by atoms with E-state index in [0.717, 1.165) is 47.9 Å². The fourth-order valence-corrected chi connectivity index (χ4v) is 5.61. The second-order valence-electron chi connectivity index (χ2n) is 10.6. The van der Waals surface area contributed by atoms with Crippen LogP contribution in [0.25, 0.3) is 22.4 Å². The molecule has 0 radical (unpaired) electrons. The maximum Gasteiger partial charge on any atom is 0.113 e. The minimum absolute atomic E-state index is 0.355. The summed E-state index contributed by atoms with van der Waals surface area (Å²) in [7, 11) is 0. The summed E-state index contributed by atoms with van der Waals surface area (Å²) >= 11 is 0. The molecule has 3 aromatic rings. The van der Waals surface area contributed by atoms with Gasteiger partial charge in [-0.05, 0) is 60.8 Å². The molecule has 0 spiro atoms. The second-order valence-corrected chi connectivity index (χ2v) is 10.6. The van der Waals surface area contributed by atoms with Crippen LogP contribution in [0.1, 0.15) is 62.4 Å². The smallest absolute Gasteiger partial charge is 0.113 e. The van der Waals surface area contributed by atoms with E-state index in [1.807, 2.05) is 18.5 Å². The first-order valence-electron chi connectivity index (χ1n) is 12.3. The van der Waals surface area contributed by atoms with Gasteiger partial charge in [0.15, 0.2) is 0 Å². The van der Waals surface area contributed by atoms with E-state index in [-0.39, 0.29) is 0 Å². The van der Waals surface area contributed by atoms with Crippen molar-refractivity contribution in [1.82, 2.24) is 24.6 Å². The highest BCUT2D eigenvalue weighted by Crippen LogP contribution is 2.39. The van der Waals surface area contributed by atoms with Crippen LogP contribution in [0.3, 0.4) is 0 Å². The third-order valence-corrected chi connectivity index (χ3v) is 7.66. The van der Waals surface area contributed by atoms with Crippen LogP contribution in [0.15, 0.2) is 36.8 Å². The summed E-state index contributed by atoms with van der Waals surface area (Å²) in [5.41, 5.74) is 7.59. The molecule has 5 nitrogen and oxygen atoms in total. The van der Waals surface area contributed by atoms with Crippen LogP contribution in [0, 0.1) is 23.7 Å². The van der Waals surface area contributed by atoms with Gasteiger partial charge in [-0.25, -0.2) is 4.98 Å². The van der Waals surface area contributed by atoms with E-state index in [1.54, 1.807) is 0 Å². The van der Waals surface area contributed by atoms with Gasteiger partial charge < -0.3 is 0 Å². The minimum atomic E-state index is 0.355. The fraction of sp³-hybridized carbons (Fsp3) is 0.464. The fourth-order valence-electron chi connectivity index (χ4n) is 5.61. The van der Waals surface area contributed by atoms with Crippen molar-refractivity contribution >= 4 is 0 Å². The zero-order valence-electron chi connectivity index (χ0n) is 19.4. The van der Waals surface area contributed by atoms with Gasteiger partial charge in [0.2, 0.25) is 0 Å². The Bertz CT molecular complexity index is 1220. The number of aromatic nitrogens is 4. The van der Waals surface area contributed by atoms with Crippen LogP contribution in [0.5, 0.6) is 0 Å². The molecule has 3 aromatic heterocycles. The zero-order chi connectivity index (χ0) is 22.4. The standard InChI is InChI=1S/C28H31N5/c1-3-24-8-9-25(23-14-30-33(17-23)19-28(2)10-4-5-11-28)27(31-24)21-12-22-16-32(15-20-6-7-20)18-26(22)29-13-21/h1,8-9,12-14,17,20H,4-7,10-11,15-16,18-19H2,2H3. The maximum atomic E-state index is 5.70. The Morgan fingerprint density at radius 2 is 1.97 bits per heavy atom. The molecule has 0 amide bonds. The highest BCUT2D eigenvalue weighted by atomic mass is 15.3. The number of hydrogen-bond acceptors (Lipinski definition) is 4. The maximum absolute atomic E-state index is 5.70. The number of rotatable bonds is 6. The molecular weight excluding hydrogens is 406 g/mol. The number of fused-ring (bicyclic) bond motifs is 1. The lowest BCUT2D eigenvalue weighted by atomic mass is 9.89. The van der Waals surface area contributed by atoms with Gasteiger partial charge in [0.1, 0.15) is 5.69 Å². The third-order valence-electron chi connectivity index (χ3n) is 7.66. The molecule has 5 heteroatoms. The van der Waals surface area contributed by atoms with Crippen molar-refractivity contribution in [2.24, 2.45) is 11.3 Å². The quantitative estimate of drug-likeness (QED) is 0.491. The molecule has 2 saturated carbocycles. The lowest BCUT2D eigenvalue weighted by Gasteiger charge is -2.22. The van der Waals surface area contributed by atoms with Crippen molar-refractivity contribution in [3.63, 3.8) is 0 Å². The Morgan fingerprint density at radius 3 is 2.76 bits per heavy atom. The summed E-state index contributed by atoms with van der Waals surface area (Å²) < 4.78 is 2.11. The molecule has 0 aromatic carbocycles. The van der Waals surface area contributed by atoms with Crippen LogP contribution in [-0.2, 0) is 19.6 Å². The summed E-state index contributed by atoms with van der Waals surface area (Å²) in [4.78, 5) is 12.2. The van der Waals surface area contributed by atoms with Gasteiger partial charge in [0.05, 0.1) is 17.6 Å². The van der Waals surface area contributed by atoms with Gasteiger partial charge in [0, 0.05) is 55.3 Å². The molecule has 3 aliphatic rings. The molecule has 33 heavy (non-hydrogen) atoms. The first kappa shape index (κ1) is 20.6. The second kappa shape index (κ2) is 8.11. The molecule has 0 bridgehead atoms. The van der Waals surface area contributed by atoms with Crippen LogP contribution < -0.4 is 0 Å². The molecule has 6 rings (SSSR count). The number of hydrogen-bond donors (Lipinski definition) is 0. The van der Waals surface area contributed by atoms with Gasteiger partial charge in [-0.3, -0.25) is 14.6 Å². The SMILES string of the molecule is C#Cc1ccc(-c2cnn(CC3(C)CCCC3)c2)c(-c2cnc3c(c2)CN(CC2CC2)C3)n1. The first-order chi connectivity index (χ1) is 16.1. The lowest BCUT2D eigenvalue weighted by Crippen LogP contribution is -2.19. The zero-order valence-corrected chi connectivity index (χ0v) is 19.4. The Labute approximate surface area is 196 Å². The van der Waals surface area contributed by atoms with Crippen LogP contribution in [0.4, 0.5) is 0 Å². The predicted molar refractivity (Wildman–Crippen MR) is 130 cm³/mol. The predicted octanol–water partition coefficient (Wildman–Crippen LogP) is 5.29. The molecule has 4 heterocycles. The third kappa shape index (κ3) is 4.20. The van der Waals surface area contributed by atoms with E-state index in [2.05, 4.69) is 40.8 Å². The number of terminal acetylenes is 1. The average Bonchev–Trinajstić information content (AvgIpc) is 3.18. The van der Waals surface area contributed by atoms with E-state index in [4.69, 9.17) is 21.5 Å². The Morgan fingerprint density at radius 1 is 1.12 bits per heavy atom. The topological polar surface area (TPSA) is 46.8 Å². The Balaban J connectivity index is 1.32. The molecule has 168 valence electrons. The largest absolute Gasteiger partial charge is 0.293 e. The van der Waals surface area contributed by atoms with Crippen molar-refractivity contribution in [2.75, 3.05) is 6.54 Å². The van der Waals surface area contributed by atoms with Gasteiger partial charge in [-0.1, -0.05) is 25.7 Å².